The molecule has 2 aliphatic heterocycles. The third-order valence-electron chi connectivity index (χ3n) is 5.47. The largest absolute Gasteiger partial charge is 0.445 e. The fourth-order valence-electron chi connectivity index (χ4n) is 3.73. The molecule has 2 saturated heterocycles. The van der Waals surface area contributed by atoms with Crippen LogP contribution in [0.5, 0.6) is 0 Å². The molecule has 1 amide bonds. The molecule has 4 rings (SSSR count). The molecule has 0 spiro atoms. The molecule has 0 bridgehead atoms. The van der Waals surface area contributed by atoms with Crippen LogP contribution in [0.3, 0.4) is 0 Å². The number of benzene rings is 1. The number of hydrogen-bond donors (Lipinski definition) is 0. The number of piperazine rings is 1. The molecule has 180 valence electrons. The van der Waals surface area contributed by atoms with Gasteiger partial charge in [0.15, 0.2) is 9.84 Å². The van der Waals surface area contributed by atoms with E-state index < -0.39 is 21.0 Å². The van der Waals surface area contributed by atoms with E-state index in [0.29, 0.717) is 43.3 Å². The summed E-state index contributed by atoms with van der Waals surface area (Å²) in [5.41, 5.74) is 0.917. The highest BCUT2D eigenvalue weighted by atomic mass is 32.2. The van der Waals surface area contributed by atoms with Crippen molar-refractivity contribution < 1.29 is 31.1 Å². The normalized spacial score (nSPS) is 18.0. The second-order valence-corrected chi connectivity index (χ2v) is 10.7. The van der Waals surface area contributed by atoms with Crippen molar-refractivity contribution in [3.63, 3.8) is 0 Å². The minimum Gasteiger partial charge on any atom is -0.378 e. The van der Waals surface area contributed by atoms with Crippen LogP contribution in [-0.2, 0) is 20.8 Å². The van der Waals surface area contributed by atoms with Crippen LogP contribution < -0.4 is 9.80 Å². The van der Waals surface area contributed by atoms with E-state index in [0.717, 1.165) is 6.26 Å². The van der Waals surface area contributed by atoms with Gasteiger partial charge in [-0.3, -0.25) is 4.79 Å². The van der Waals surface area contributed by atoms with Gasteiger partial charge in [-0.25, -0.2) is 8.42 Å². The Hall–Kier alpha value is -2.45. The van der Waals surface area contributed by atoms with Crippen LogP contribution in [0.1, 0.15) is 15.4 Å². The Morgan fingerprint density at radius 3 is 2.27 bits per heavy atom. The number of aromatic nitrogens is 2. The summed E-state index contributed by atoms with van der Waals surface area (Å²) in [5, 5.41) is 5.99. The van der Waals surface area contributed by atoms with Crippen LogP contribution in [0.15, 0.2) is 23.1 Å². The van der Waals surface area contributed by atoms with Gasteiger partial charge in [0, 0.05) is 51.2 Å². The van der Waals surface area contributed by atoms with Crippen molar-refractivity contribution >= 4 is 37.9 Å². The zero-order chi connectivity index (χ0) is 23.8. The summed E-state index contributed by atoms with van der Waals surface area (Å²) in [7, 11) is -3.52. The predicted octanol–water partition coefficient (Wildman–Crippen LogP) is 1.76. The summed E-state index contributed by atoms with van der Waals surface area (Å²) >= 11 is 0.468. The molecule has 2 fully saturated rings. The van der Waals surface area contributed by atoms with E-state index in [4.69, 9.17) is 4.74 Å². The minimum atomic E-state index is -4.55. The number of sulfone groups is 1. The number of carbonyl (C=O) groups is 1. The number of carbonyl (C=O) groups excluding carboxylic acids is 1. The van der Waals surface area contributed by atoms with Crippen molar-refractivity contribution in [2.75, 3.05) is 68.5 Å². The summed E-state index contributed by atoms with van der Waals surface area (Å²) < 4.78 is 68.0. The number of halogens is 3. The number of amides is 1. The fourth-order valence-corrected chi connectivity index (χ4v) is 5.14. The van der Waals surface area contributed by atoms with Crippen molar-refractivity contribution in [1.29, 1.82) is 0 Å². The Labute approximate surface area is 192 Å². The van der Waals surface area contributed by atoms with E-state index in [-0.39, 0.29) is 47.7 Å². The smallest absolute Gasteiger partial charge is 0.378 e. The SMILES string of the molecule is CS(=O)(=O)c1ccc(N2CCOCC2)c(C(=O)N2CCN(c3nnc(C(F)(F)F)s3)CC2)c1. The molecule has 0 radical (unpaired) electrons. The van der Waals surface area contributed by atoms with E-state index in [1.54, 1.807) is 15.9 Å². The Morgan fingerprint density at radius 2 is 1.70 bits per heavy atom. The third-order valence-corrected chi connectivity index (χ3v) is 7.61. The molecule has 33 heavy (non-hydrogen) atoms. The number of nitrogens with zero attached hydrogens (tertiary/aromatic N) is 5. The lowest BCUT2D eigenvalue weighted by molar-refractivity contribution is -0.138. The summed E-state index contributed by atoms with van der Waals surface area (Å²) in [6.45, 7) is 3.24. The van der Waals surface area contributed by atoms with Crippen molar-refractivity contribution in [3.05, 3.63) is 28.8 Å². The van der Waals surface area contributed by atoms with Gasteiger partial charge in [-0.1, -0.05) is 11.3 Å². The molecule has 0 N–H and O–H groups in total. The van der Waals surface area contributed by atoms with Gasteiger partial charge in [-0.2, -0.15) is 13.2 Å². The second kappa shape index (κ2) is 9.06. The van der Waals surface area contributed by atoms with E-state index in [2.05, 4.69) is 10.2 Å². The fraction of sp³-hybridized carbons (Fsp3) is 0.526. The number of ether oxygens (including phenoxy) is 1. The Morgan fingerprint density at radius 1 is 1.03 bits per heavy atom. The number of anilines is 2. The van der Waals surface area contributed by atoms with Crippen molar-refractivity contribution in [2.45, 2.75) is 11.1 Å². The maximum Gasteiger partial charge on any atom is 0.445 e. The molecule has 1 aromatic heterocycles. The van der Waals surface area contributed by atoms with Gasteiger partial charge in [-0.15, -0.1) is 10.2 Å². The summed E-state index contributed by atoms with van der Waals surface area (Å²) in [5.74, 6) is -0.324. The molecular weight excluding hydrogens is 483 g/mol. The monoisotopic (exact) mass is 505 g/mol. The molecule has 1 aromatic carbocycles. The predicted molar refractivity (Wildman–Crippen MR) is 116 cm³/mol. The van der Waals surface area contributed by atoms with Crippen molar-refractivity contribution in [1.82, 2.24) is 15.1 Å². The van der Waals surface area contributed by atoms with E-state index in [9.17, 15) is 26.4 Å². The topological polar surface area (TPSA) is 95.9 Å². The summed E-state index contributed by atoms with van der Waals surface area (Å²) in [4.78, 5) is 18.7. The van der Waals surface area contributed by atoms with E-state index in [1.807, 2.05) is 4.90 Å². The number of morpholine rings is 1. The highest BCUT2D eigenvalue weighted by Gasteiger charge is 2.37. The molecule has 0 aliphatic carbocycles. The van der Waals surface area contributed by atoms with Gasteiger partial charge in [0.25, 0.3) is 5.91 Å². The molecule has 2 aromatic rings. The van der Waals surface area contributed by atoms with Crippen LogP contribution >= 0.6 is 11.3 Å². The standard InChI is InChI=1S/C19H22F3N5O4S2/c1-33(29,30)13-2-3-15(25-8-10-31-11-9-25)14(12-13)16(28)26-4-6-27(7-5-26)18-24-23-17(32-18)19(20,21)22/h2-3,12H,4-11H2,1H3. The minimum absolute atomic E-state index is 0.0510. The summed E-state index contributed by atoms with van der Waals surface area (Å²) in [6.07, 6.45) is -3.46. The molecule has 3 heterocycles. The van der Waals surface area contributed by atoms with Crippen LogP contribution in [0.2, 0.25) is 0 Å². The molecule has 0 atom stereocenters. The molecule has 2 aliphatic rings. The number of hydrogen-bond acceptors (Lipinski definition) is 9. The molecule has 14 heteroatoms. The lowest BCUT2D eigenvalue weighted by atomic mass is 10.1. The van der Waals surface area contributed by atoms with Crippen LogP contribution in [0.4, 0.5) is 24.0 Å². The van der Waals surface area contributed by atoms with Crippen LogP contribution in [0.25, 0.3) is 0 Å². The average Bonchev–Trinajstić information content (AvgIpc) is 3.29. The maximum atomic E-state index is 13.4. The zero-order valence-corrected chi connectivity index (χ0v) is 19.3. The highest BCUT2D eigenvalue weighted by Crippen LogP contribution is 2.35. The van der Waals surface area contributed by atoms with Gasteiger partial charge in [-0.05, 0) is 18.2 Å². The Balaban J connectivity index is 1.53. The lowest BCUT2D eigenvalue weighted by Crippen LogP contribution is -2.49. The van der Waals surface area contributed by atoms with E-state index in [1.165, 1.54) is 12.1 Å². The van der Waals surface area contributed by atoms with Gasteiger partial charge >= 0.3 is 6.18 Å². The van der Waals surface area contributed by atoms with Crippen molar-refractivity contribution in [2.24, 2.45) is 0 Å². The molecular formula is C19H22F3N5O4S2. The first kappa shape index (κ1) is 23.7. The summed E-state index contributed by atoms with van der Waals surface area (Å²) in [6, 6.07) is 4.53. The first-order valence-corrected chi connectivity index (χ1v) is 12.9. The zero-order valence-electron chi connectivity index (χ0n) is 17.7. The molecule has 0 unspecified atom stereocenters. The second-order valence-electron chi connectivity index (χ2n) is 7.72. The van der Waals surface area contributed by atoms with E-state index >= 15 is 0 Å². The highest BCUT2D eigenvalue weighted by molar-refractivity contribution is 7.90. The number of rotatable bonds is 4. The Kier molecular flexibility index (Phi) is 6.51. The number of alkyl halides is 3. The Bertz CT molecular complexity index is 1120. The van der Waals surface area contributed by atoms with Gasteiger partial charge in [0.1, 0.15) is 0 Å². The first-order chi connectivity index (χ1) is 15.5. The van der Waals surface area contributed by atoms with Crippen LogP contribution in [0, 0.1) is 0 Å². The van der Waals surface area contributed by atoms with Gasteiger partial charge < -0.3 is 19.4 Å². The van der Waals surface area contributed by atoms with Crippen molar-refractivity contribution in [3.8, 4) is 0 Å². The quantitative estimate of drug-likeness (QED) is 0.621. The van der Waals surface area contributed by atoms with Crippen LogP contribution in [-0.4, -0.2) is 88.2 Å². The lowest BCUT2D eigenvalue weighted by Gasteiger charge is -2.36. The third kappa shape index (κ3) is 5.22. The first-order valence-electron chi connectivity index (χ1n) is 10.2. The van der Waals surface area contributed by atoms with Gasteiger partial charge in [0.2, 0.25) is 10.1 Å². The van der Waals surface area contributed by atoms with Gasteiger partial charge in [0.05, 0.1) is 23.7 Å². The average molecular weight is 506 g/mol. The molecule has 0 saturated carbocycles. The maximum absolute atomic E-state index is 13.4. The molecule has 9 nitrogen and oxygen atoms in total.